The lowest BCUT2D eigenvalue weighted by atomic mass is 10.0. The van der Waals surface area contributed by atoms with Gasteiger partial charge in [0.05, 0.1) is 0 Å². The van der Waals surface area contributed by atoms with Crippen molar-refractivity contribution >= 4 is 17.8 Å². The van der Waals surface area contributed by atoms with Crippen molar-refractivity contribution in [1.82, 2.24) is 5.32 Å². The van der Waals surface area contributed by atoms with Crippen LogP contribution < -0.4 is 5.32 Å². The summed E-state index contributed by atoms with van der Waals surface area (Å²) in [5, 5.41) is 2.89. The van der Waals surface area contributed by atoms with Gasteiger partial charge in [-0.25, -0.2) is 4.99 Å². The second-order valence-electron chi connectivity index (χ2n) is 6.33. The summed E-state index contributed by atoms with van der Waals surface area (Å²) >= 11 is 0. The largest absolute Gasteiger partial charge is 0.309 e. The van der Waals surface area contributed by atoms with Crippen LogP contribution in [0.2, 0.25) is 0 Å². The van der Waals surface area contributed by atoms with Gasteiger partial charge in [0.25, 0.3) is 5.91 Å². The fourth-order valence-electron chi connectivity index (χ4n) is 2.84. The first-order valence-electron chi connectivity index (χ1n) is 8.25. The summed E-state index contributed by atoms with van der Waals surface area (Å²) < 4.78 is 0. The third kappa shape index (κ3) is 3.62. The van der Waals surface area contributed by atoms with Gasteiger partial charge in [0.2, 0.25) is 0 Å². The van der Waals surface area contributed by atoms with E-state index in [-0.39, 0.29) is 5.91 Å². The standard InChI is InChI=1S/C21H22N2O/c1-14-8-9-16(3)18(12-14)13-19-21(24)23-20(22-19)11-10-17-7-5-4-6-15(17)2/h4-9,12-13H,10-11H2,1-3H3,(H,22,23,24)/b19-13+. The Morgan fingerprint density at radius 3 is 2.58 bits per heavy atom. The lowest BCUT2D eigenvalue weighted by Gasteiger charge is -2.04. The summed E-state index contributed by atoms with van der Waals surface area (Å²) in [5.74, 6) is 0.635. The molecule has 0 saturated carbocycles. The number of amides is 1. The van der Waals surface area contributed by atoms with E-state index in [4.69, 9.17) is 0 Å². The van der Waals surface area contributed by atoms with Crippen molar-refractivity contribution in [1.29, 1.82) is 0 Å². The van der Waals surface area contributed by atoms with Crippen LogP contribution in [0.1, 0.15) is 34.2 Å². The Balaban J connectivity index is 1.77. The molecule has 3 rings (SSSR count). The van der Waals surface area contributed by atoms with Crippen LogP contribution in [0.15, 0.2) is 53.2 Å². The number of amidine groups is 1. The van der Waals surface area contributed by atoms with Crippen molar-refractivity contribution in [2.45, 2.75) is 33.6 Å². The van der Waals surface area contributed by atoms with Gasteiger partial charge < -0.3 is 5.32 Å². The van der Waals surface area contributed by atoms with Crippen LogP contribution in [0.3, 0.4) is 0 Å². The number of carbonyl (C=O) groups excluding carboxylic acids is 1. The molecule has 0 bridgehead atoms. The number of nitrogens with one attached hydrogen (secondary N) is 1. The van der Waals surface area contributed by atoms with E-state index in [1.165, 1.54) is 16.7 Å². The zero-order valence-electron chi connectivity index (χ0n) is 14.4. The number of aryl methyl sites for hydroxylation is 4. The highest BCUT2D eigenvalue weighted by Gasteiger charge is 2.20. The third-order valence-electron chi connectivity index (χ3n) is 4.37. The number of hydrogen-bond donors (Lipinski definition) is 1. The topological polar surface area (TPSA) is 41.5 Å². The Morgan fingerprint density at radius 1 is 1.00 bits per heavy atom. The van der Waals surface area contributed by atoms with Crippen LogP contribution in [0, 0.1) is 20.8 Å². The van der Waals surface area contributed by atoms with Gasteiger partial charge in [0.1, 0.15) is 11.5 Å². The second-order valence-corrected chi connectivity index (χ2v) is 6.33. The van der Waals surface area contributed by atoms with Gasteiger partial charge in [0.15, 0.2) is 0 Å². The molecule has 0 aromatic heterocycles. The monoisotopic (exact) mass is 318 g/mol. The molecule has 1 aliphatic rings. The summed E-state index contributed by atoms with van der Waals surface area (Å²) in [6.07, 6.45) is 3.49. The number of benzene rings is 2. The maximum Gasteiger partial charge on any atom is 0.275 e. The lowest BCUT2D eigenvalue weighted by molar-refractivity contribution is -0.115. The summed E-state index contributed by atoms with van der Waals surface area (Å²) in [4.78, 5) is 16.7. The van der Waals surface area contributed by atoms with Crippen molar-refractivity contribution in [3.05, 3.63) is 76.0 Å². The molecular weight excluding hydrogens is 296 g/mol. The molecule has 1 aliphatic heterocycles. The number of nitrogens with zero attached hydrogens (tertiary/aromatic N) is 1. The van der Waals surface area contributed by atoms with Crippen LogP contribution in [0.4, 0.5) is 0 Å². The van der Waals surface area contributed by atoms with Crippen molar-refractivity contribution < 1.29 is 4.79 Å². The molecule has 0 spiro atoms. The highest BCUT2D eigenvalue weighted by Crippen LogP contribution is 2.18. The molecule has 0 atom stereocenters. The first kappa shape index (κ1) is 16.2. The third-order valence-corrected chi connectivity index (χ3v) is 4.37. The van der Waals surface area contributed by atoms with Gasteiger partial charge in [-0.05, 0) is 55.5 Å². The molecule has 0 fully saturated rings. The molecule has 3 nitrogen and oxygen atoms in total. The molecule has 3 heteroatoms. The number of carbonyl (C=O) groups is 1. The van der Waals surface area contributed by atoms with E-state index in [0.29, 0.717) is 5.70 Å². The van der Waals surface area contributed by atoms with Gasteiger partial charge in [-0.3, -0.25) is 4.79 Å². The molecule has 2 aromatic carbocycles. The van der Waals surface area contributed by atoms with E-state index in [0.717, 1.165) is 29.8 Å². The van der Waals surface area contributed by atoms with E-state index < -0.39 is 0 Å². The minimum Gasteiger partial charge on any atom is -0.309 e. The highest BCUT2D eigenvalue weighted by molar-refractivity contribution is 6.14. The molecule has 1 heterocycles. The van der Waals surface area contributed by atoms with E-state index in [9.17, 15) is 4.79 Å². The van der Waals surface area contributed by atoms with E-state index in [2.05, 4.69) is 47.6 Å². The summed E-state index contributed by atoms with van der Waals surface area (Å²) in [7, 11) is 0. The van der Waals surface area contributed by atoms with Crippen LogP contribution >= 0.6 is 0 Å². The Hall–Kier alpha value is -2.68. The molecule has 0 saturated heterocycles. The van der Waals surface area contributed by atoms with Crippen LogP contribution in [0.25, 0.3) is 6.08 Å². The molecule has 0 radical (unpaired) electrons. The summed E-state index contributed by atoms with van der Waals surface area (Å²) in [6.45, 7) is 6.20. The van der Waals surface area contributed by atoms with Gasteiger partial charge in [-0.15, -0.1) is 0 Å². The molecule has 0 aliphatic carbocycles. The van der Waals surface area contributed by atoms with Crippen LogP contribution in [-0.2, 0) is 11.2 Å². The zero-order chi connectivity index (χ0) is 17.1. The molecule has 1 N–H and O–H groups in total. The van der Waals surface area contributed by atoms with E-state index in [1.54, 1.807) is 0 Å². The number of hydrogen-bond acceptors (Lipinski definition) is 2. The molecule has 0 unspecified atom stereocenters. The van der Waals surface area contributed by atoms with Gasteiger partial charge in [-0.1, -0.05) is 48.0 Å². The Kier molecular flexibility index (Phi) is 4.61. The summed E-state index contributed by atoms with van der Waals surface area (Å²) in [6, 6.07) is 14.5. The predicted molar refractivity (Wildman–Crippen MR) is 99.0 cm³/mol. The summed E-state index contributed by atoms with van der Waals surface area (Å²) in [5.41, 5.74) is 6.42. The normalized spacial score (nSPS) is 15.5. The van der Waals surface area contributed by atoms with Crippen molar-refractivity contribution in [2.75, 3.05) is 0 Å². The average Bonchev–Trinajstić information content (AvgIpc) is 2.90. The van der Waals surface area contributed by atoms with Gasteiger partial charge in [0, 0.05) is 6.42 Å². The van der Waals surface area contributed by atoms with E-state index in [1.807, 2.05) is 32.1 Å². The van der Waals surface area contributed by atoms with Gasteiger partial charge in [-0.2, -0.15) is 0 Å². The van der Waals surface area contributed by atoms with Crippen molar-refractivity contribution in [2.24, 2.45) is 4.99 Å². The number of rotatable bonds is 4. The van der Waals surface area contributed by atoms with Gasteiger partial charge >= 0.3 is 0 Å². The smallest absolute Gasteiger partial charge is 0.275 e. The molecule has 24 heavy (non-hydrogen) atoms. The quantitative estimate of drug-likeness (QED) is 0.847. The molecular formula is C21H22N2O. The maximum atomic E-state index is 12.2. The van der Waals surface area contributed by atoms with Crippen molar-refractivity contribution in [3.8, 4) is 0 Å². The van der Waals surface area contributed by atoms with Crippen LogP contribution in [-0.4, -0.2) is 11.7 Å². The van der Waals surface area contributed by atoms with Crippen molar-refractivity contribution in [3.63, 3.8) is 0 Å². The zero-order valence-corrected chi connectivity index (χ0v) is 14.4. The lowest BCUT2D eigenvalue weighted by Crippen LogP contribution is -2.24. The number of aliphatic imine (C=N–C) groups is 1. The average molecular weight is 318 g/mol. The maximum absolute atomic E-state index is 12.2. The minimum absolute atomic E-state index is 0.115. The fourth-order valence-corrected chi connectivity index (χ4v) is 2.84. The first-order chi connectivity index (χ1) is 11.5. The molecule has 1 amide bonds. The van der Waals surface area contributed by atoms with E-state index >= 15 is 0 Å². The Bertz CT molecular complexity index is 847. The molecule has 2 aromatic rings. The second kappa shape index (κ2) is 6.83. The fraction of sp³-hybridized carbons (Fsp3) is 0.238. The molecule has 122 valence electrons. The SMILES string of the molecule is Cc1ccc(C)c(/C=C2/N=C(CCc3ccccc3C)NC2=O)c1. The predicted octanol–water partition coefficient (Wildman–Crippen LogP) is 4.11. The first-order valence-corrected chi connectivity index (χ1v) is 8.25. The van der Waals surface area contributed by atoms with Crippen LogP contribution in [0.5, 0.6) is 0 Å². The Labute approximate surface area is 143 Å². The minimum atomic E-state index is -0.115. The Morgan fingerprint density at radius 2 is 1.79 bits per heavy atom. The highest BCUT2D eigenvalue weighted by atomic mass is 16.2.